The number of ether oxygens (including phenoxy) is 1. The molecule has 0 spiro atoms. The lowest BCUT2D eigenvalue weighted by atomic mass is 10.1. The van der Waals surface area contributed by atoms with Crippen LogP contribution in [0.3, 0.4) is 0 Å². The average Bonchev–Trinajstić information content (AvgIpc) is 2.93. The number of carbonyl (C=O) groups is 1. The highest BCUT2D eigenvalue weighted by Crippen LogP contribution is 2.17. The van der Waals surface area contributed by atoms with E-state index in [1.54, 1.807) is 0 Å². The van der Waals surface area contributed by atoms with Crippen LogP contribution in [-0.4, -0.2) is 82.4 Å². The zero-order chi connectivity index (χ0) is 29.3. The summed E-state index contributed by atoms with van der Waals surface area (Å²) in [6.07, 6.45) is 6.39. The summed E-state index contributed by atoms with van der Waals surface area (Å²) in [7, 11) is 0. The molecule has 1 aromatic heterocycles. The predicted octanol–water partition coefficient (Wildman–Crippen LogP) is 1.98. The van der Waals surface area contributed by atoms with Crippen molar-refractivity contribution >= 4 is 35.1 Å². The quantitative estimate of drug-likeness (QED) is 0.0863. The van der Waals surface area contributed by atoms with Crippen LogP contribution in [0.1, 0.15) is 61.5 Å². The number of aliphatic imine (C=N–C) groups is 1. The molecule has 0 saturated carbocycles. The summed E-state index contributed by atoms with van der Waals surface area (Å²) in [5.41, 5.74) is 18.0. The third kappa shape index (κ3) is 12.3. The maximum atomic E-state index is 12.3. The summed E-state index contributed by atoms with van der Waals surface area (Å²) >= 11 is 5.80. The molecule has 0 aliphatic heterocycles. The molecule has 1 atom stereocenters. The molecule has 1 amide bonds. The fourth-order valence-electron chi connectivity index (χ4n) is 3.92. The number of nitrogen functional groups attached to an aromatic ring is 2. The Morgan fingerprint density at radius 1 is 1.10 bits per heavy atom. The van der Waals surface area contributed by atoms with Crippen LogP contribution < -0.4 is 27.3 Å². The minimum Gasteiger partial charge on any atom is -0.492 e. The highest BCUT2D eigenvalue weighted by atomic mass is 35.5. The number of nitrogens with one attached hydrogen (secondary N) is 1. The van der Waals surface area contributed by atoms with Gasteiger partial charge in [-0.15, -0.1) is 0 Å². The number of aliphatic hydroxyl groups is 2. The van der Waals surface area contributed by atoms with Crippen LogP contribution >= 0.6 is 11.6 Å². The number of amides is 1. The number of aromatic nitrogens is 2. The Balaban J connectivity index is 1.69. The van der Waals surface area contributed by atoms with Crippen molar-refractivity contribution in [1.82, 2.24) is 20.2 Å². The van der Waals surface area contributed by atoms with E-state index >= 15 is 0 Å². The van der Waals surface area contributed by atoms with Gasteiger partial charge in [-0.25, -0.2) is 9.97 Å². The van der Waals surface area contributed by atoms with Gasteiger partial charge in [-0.2, -0.15) is 0 Å². The molecule has 1 aromatic carbocycles. The van der Waals surface area contributed by atoms with Crippen molar-refractivity contribution in [3.05, 3.63) is 40.7 Å². The lowest BCUT2D eigenvalue weighted by molar-refractivity contribution is 0.0542. The van der Waals surface area contributed by atoms with Crippen molar-refractivity contribution in [2.75, 3.05) is 50.9 Å². The minimum atomic E-state index is -0.741. The maximum absolute atomic E-state index is 12.3. The number of rotatable bonds is 18. The standard InChI is InChI=1S/C27H43ClN8O4/c1-2-3-4-7-14-36(17-20(38)18-37)15-16-40-21-11-9-19(10-12-21)8-5-6-13-32-27(31)35-26(39)22-24(29)34-25(30)23(28)33-22/h9-12,20,37-38H,2-8,13-18H2,1H3,(H4,29,30,34)(H3,31,32,35,39)/t20-/m0/s1. The first-order valence-corrected chi connectivity index (χ1v) is 14.0. The first kappa shape index (κ1) is 33.0. The summed E-state index contributed by atoms with van der Waals surface area (Å²) in [6, 6.07) is 7.98. The molecule has 2 aromatic rings. The van der Waals surface area contributed by atoms with Gasteiger partial charge in [-0.3, -0.25) is 20.0 Å². The molecule has 40 heavy (non-hydrogen) atoms. The molecule has 0 bridgehead atoms. The predicted molar refractivity (Wildman–Crippen MR) is 158 cm³/mol. The summed E-state index contributed by atoms with van der Waals surface area (Å²) in [6.45, 7) is 4.88. The van der Waals surface area contributed by atoms with Crippen molar-refractivity contribution in [1.29, 1.82) is 0 Å². The molecule has 9 N–H and O–H groups in total. The number of benzene rings is 1. The maximum Gasteiger partial charge on any atom is 0.280 e. The lowest BCUT2D eigenvalue weighted by Crippen LogP contribution is -2.38. The molecule has 0 radical (unpaired) electrons. The number of carbonyl (C=O) groups excluding carboxylic acids is 1. The molecule has 0 fully saturated rings. The second-order valence-electron chi connectivity index (χ2n) is 9.50. The number of aliphatic hydroxyl groups excluding tert-OH is 2. The number of anilines is 2. The number of aryl methyl sites for hydroxylation is 1. The van der Waals surface area contributed by atoms with Crippen molar-refractivity contribution < 1.29 is 19.7 Å². The van der Waals surface area contributed by atoms with E-state index in [9.17, 15) is 15.0 Å². The van der Waals surface area contributed by atoms with Gasteiger partial charge in [0.25, 0.3) is 5.91 Å². The molecule has 0 saturated heterocycles. The molecular weight excluding hydrogens is 536 g/mol. The van der Waals surface area contributed by atoms with Crippen molar-refractivity contribution in [2.45, 2.75) is 58.0 Å². The van der Waals surface area contributed by atoms with E-state index in [0.29, 0.717) is 26.2 Å². The number of guanidine groups is 1. The van der Waals surface area contributed by atoms with Gasteiger partial charge >= 0.3 is 0 Å². The molecule has 1 heterocycles. The summed E-state index contributed by atoms with van der Waals surface area (Å²) in [5, 5.41) is 21.3. The normalized spacial score (nSPS) is 12.5. The van der Waals surface area contributed by atoms with Gasteiger partial charge in [0, 0.05) is 19.6 Å². The molecule has 222 valence electrons. The number of unbranched alkanes of at least 4 members (excludes halogenated alkanes) is 4. The number of hydrogen-bond acceptors (Lipinski definition) is 10. The van der Waals surface area contributed by atoms with Gasteiger partial charge in [-0.05, 0) is 49.9 Å². The molecule has 0 aliphatic carbocycles. The van der Waals surface area contributed by atoms with Gasteiger partial charge in [0.05, 0.1) is 12.7 Å². The third-order valence-electron chi connectivity index (χ3n) is 6.12. The van der Waals surface area contributed by atoms with Crippen LogP contribution in [0.2, 0.25) is 5.15 Å². The van der Waals surface area contributed by atoms with Crippen LogP contribution in [0, 0.1) is 0 Å². The Morgan fingerprint density at radius 2 is 1.85 bits per heavy atom. The van der Waals surface area contributed by atoms with Crippen LogP contribution in [0.15, 0.2) is 29.3 Å². The molecule has 0 unspecified atom stereocenters. The Hall–Kier alpha value is -3.19. The van der Waals surface area contributed by atoms with Crippen LogP contribution in [-0.2, 0) is 6.42 Å². The van der Waals surface area contributed by atoms with Crippen LogP contribution in [0.25, 0.3) is 0 Å². The first-order chi connectivity index (χ1) is 19.2. The molecule has 13 heteroatoms. The van der Waals surface area contributed by atoms with E-state index in [-0.39, 0.29) is 35.0 Å². The number of nitrogens with two attached hydrogens (primary N) is 3. The Kier molecular flexibility index (Phi) is 15.0. The zero-order valence-electron chi connectivity index (χ0n) is 23.2. The van der Waals surface area contributed by atoms with E-state index < -0.39 is 12.0 Å². The molecular formula is C27H43ClN8O4. The highest BCUT2D eigenvalue weighted by molar-refractivity contribution is 6.31. The second-order valence-corrected chi connectivity index (χ2v) is 9.86. The van der Waals surface area contributed by atoms with E-state index in [2.05, 4.69) is 32.1 Å². The van der Waals surface area contributed by atoms with E-state index in [1.165, 1.54) is 18.4 Å². The largest absolute Gasteiger partial charge is 0.492 e. The summed E-state index contributed by atoms with van der Waals surface area (Å²) in [5.74, 6) is -0.144. The fourth-order valence-corrected chi connectivity index (χ4v) is 4.05. The third-order valence-corrected chi connectivity index (χ3v) is 6.40. The molecule has 12 nitrogen and oxygen atoms in total. The molecule has 0 aliphatic rings. The minimum absolute atomic E-state index is 0.0500. The van der Waals surface area contributed by atoms with Gasteiger partial charge in [0.2, 0.25) is 0 Å². The summed E-state index contributed by atoms with van der Waals surface area (Å²) < 4.78 is 5.91. The lowest BCUT2D eigenvalue weighted by Gasteiger charge is -2.24. The summed E-state index contributed by atoms with van der Waals surface area (Å²) in [4.78, 5) is 26.2. The van der Waals surface area contributed by atoms with Crippen molar-refractivity contribution in [2.24, 2.45) is 10.7 Å². The Labute approximate surface area is 241 Å². The topological polar surface area (TPSA) is 198 Å². The van der Waals surface area contributed by atoms with E-state index in [1.807, 2.05) is 24.3 Å². The van der Waals surface area contributed by atoms with Crippen molar-refractivity contribution in [3.8, 4) is 5.75 Å². The first-order valence-electron chi connectivity index (χ1n) is 13.7. The number of nitrogens with zero attached hydrogens (tertiary/aromatic N) is 4. The molecule has 2 rings (SSSR count). The monoisotopic (exact) mass is 578 g/mol. The van der Waals surface area contributed by atoms with Gasteiger partial charge < -0.3 is 32.2 Å². The van der Waals surface area contributed by atoms with Crippen molar-refractivity contribution in [3.63, 3.8) is 0 Å². The SMILES string of the molecule is CCCCCCN(CCOc1ccc(CCCCN=C(N)NC(=O)c2nc(Cl)c(N)nc2N)cc1)C[C@H](O)CO. The van der Waals surface area contributed by atoms with E-state index in [0.717, 1.165) is 44.4 Å². The Bertz CT molecular complexity index is 1070. The van der Waals surface area contributed by atoms with Gasteiger partial charge in [-0.1, -0.05) is 49.9 Å². The Morgan fingerprint density at radius 3 is 2.55 bits per heavy atom. The second kappa shape index (κ2) is 18.2. The fraction of sp³-hybridized carbons (Fsp3) is 0.556. The van der Waals surface area contributed by atoms with Gasteiger partial charge in [0.1, 0.15) is 12.4 Å². The van der Waals surface area contributed by atoms with E-state index in [4.69, 9.17) is 33.5 Å². The number of halogens is 1. The average molecular weight is 579 g/mol. The van der Waals surface area contributed by atoms with Crippen LogP contribution in [0.4, 0.5) is 11.6 Å². The van der Waals surface area contributed by atoms with Gasteiger partial charge in [0.15, 0.2) is 28.4 Å². The number of hydrogen-bond donors (Lipinski definition) is 6. The smallest absolute Gasteiger partial charge is 0.280 e. The highest BCUT2D eigenvalue weighted by Gasteiger charge is 2.16. The van der Waals surface area contributed by atoms with Crippen LogP contribution in [0.5, 0.6) is 5.75 Å². The zero-order valence-corrected chi connectivity index (χ0v) is 23.9.